The molecule has 2 heterocycles. The average molecular weight is 346 g/mol. The van der Waals surface area contributed by atoms with E-state index in [1.807, 2.05) is 20.8 Å². The molecule has 9 heteroatoms. The first-order valence-corrected chi connectivity index (χ1v) is 7.98. The van der Waals surface area contributed by atoms with Gasteiger partial charge in [0.15, 0.2) is 5.82 Å². The van der Waals surface area contributed by atoms with Crippen molar-refractivity contribution < 1.29 is 22.8 Å². The lowest BCUT2D eigenvalue weighted by Gasteiger charge is -2.19. The van der Waals surface area contributed by atoms with E-state index >= 15 is 0 Å². The molecule has 136 valence electrons. The van der Waals surface area contributed by atoms with Crippen LogP contribution in [0.15, 0.2) is 4.52 Å². The van der Waals surface area contributed by atoms with Crippen LogP contribution < -0.4 is 5.32 Å². The summed E-state index contributed by atoms with van der Waals surface area (Å²) in [4.78, 5) is 17.7. The Balaban J connectivity index is 1.88. The number of hydrogen-bond acceptors (Lipinski definition) is 6. The first-order valence-electron chi connectivity index (χ1n) is 7.98. The first kappa shape index (κ1) is 18.7. The maximum Gasteiger partial charge on any atom is 0.262 e. The Hall–Kier alpha value is -1.61. The maximum atomic E-state index is 13.2. The number of nitrogens with zero attached hydrogens (tertiary/aromatic N) is 3. The second-order valence-corrected chi connectivity index (χ2v) is 6.60. The molecule has 2 unspecified atom stereocenters. The third kappa shape index (κ3) is 4.94. The molecule has 24 heavy (non-hydrogen) atoms. The summed E-state index contributed by atoms with van der Waals surface area (Å²) in [5.74, 6) is -2.24. The van der Waals surface area contributed by atoms with Gasteiger partial charge in [0.2, 0.25) is 11.8 Å². The number of amides is 1. The Kier molecular flexibility index (Phi) is 5.87. The summed E-state index contributed by atoms with van der Waals surface area (Å²) < 4.78 is 37.1. The van der Waals surface area contributed by atoms with Gasteiger partial charge in [-0.05, 0) is 12.8 Å². The summed E-state index contributed by atoms with van der Waals surface area (Å²) in [7, 11) is 1.52. The molecular formula is C15H24F2N4O3. The Morgan fingerprint density at radius 2 is 2.21 bits per heavy atom. The number of carbonyl (C=O) groups excluding carboxylic acids is 1. The number of halogens is 2. The highest BCUT2D eigenvalue weighted by molar-refractivity contribution is 5.82. The molecule has 1 aliphatic heterocycles. The minimum Gasteiger partial charge on any atom is -0.370 e. The lowest BCUT2D eigenvalue weighted by molar-refractivity contribution is -0.133. The third-order valence-corrected chi connectivity index (χ3v) is 3.68. The minimum atomic E-state index is -2.85. The highest BCUT2D eigenvalue weighted by atomic mass is 19.3. The molecule has 1 aromatic heterocycles. The molecule has 1 aromatic rings. The summed E-state index contributed by atoms with van der Waals surface area (Å²) in [6.07, 6.45) is -0.813. The molecule has 0 aliphatic carbocycles. The fourth-order valence-electron chi connectivity index (χ4n) is 2.35. The van der Waals surface area contributed by atoms with Crippen molar-refractivity contribution in [1.29, 1.82) is 0 Å². The molecule has 1 aliphatic rings. The van der Waals surface area contributed by atoms with Gasteiger partial charge in [0.05, 0.1) is 19.1 Å². The molecule has 1 saturated heterocycles. The predicted molar refractivity (Wildman–Crippen MR) is 81.3 cm³/mol. The topological polar surface area (TPSA) is 80.5 Å². The summed E-state index contributed by atoms with van der Waals surface area (Å²) in [6, 6.07) is -0.888. The van der Waals surface area contributed by atoms with Crippen molar-refractivity contribution >= 4 is 5.91 Å². The fraction of sp³-hybridized carbons (Fsp3) is 0.800. The zero-order chi connectivity index (χ0) is 17.9. The van der Waals surface area contributed by atoms with Crippen LogP contribution in [-0.4, -0.2) is 53.1 Å². The SMILES string of the molecule is CC(C)COC(C)c1noc(CN(C)C(=O)C2CC(F)(F)CN2)n1. The van der Waals surface area contributed by atoms with Gasteiger partial charge in [-0.15, -0.1) is 0 Å². The van der Waals surface area contributed by atoms with Crippen LogP contribution in [-0.2, 0) is 16.1 Å². The van der Waals surface area contributed by atoms with Crippen molar-refractivity contribution in [2.45, 2.75) is 51.8 Å². The van der Waals surface area contributed by atoms with E-state index in [2.05, 4.69) is 15.5 Å². The fourth-order valence-corrected chi connectivity index (χ4v) is 2.35. The molecule has 0 saturated carbocycles. The minimum absolute atomic E-state index is 0.0620. The number of ether oxygens (including phenoxy) is 1. The second kappa shape index (κ2) is 7.52. The molecule has 1 N–H and O–H groups in total. The first-order chi connectivity index (χ1) is 11.2. The number of aromatic nitrogens is 2. The van der Waals surface area contributed by atoms with Crippen LogP contribution in [0.1, 0.15) is 45.0 Å². The van der Waals surface area contributed by atoms with Crippen LogP contribution in [0.4, 0.5) is 8.78 Å². The Morgan fingerprint density at radius 3 is 2.79 bits per heavy atom. The van der Waals surface area contributed by atoms with E-state index in [9.17, 15) is 13.6 Å². The van der Waals surface area contributed by atoms with Gasteiger partial charge in [-0.2, -0.15) is 4.98 Å². The highest BCUT2D eigenvalue weighted by Crippen LogP contribution is 2.26. The Morgan fingerprint density at radius 1 is 1.50 bits per heavy atom. The number of hydrogen-bond donors (Lipinski definition) is 1. The summed E-state index contributed by atoms with van der Waals surface area (Å²) >= 11 is 0. The lowest BCUT2D eigenvalue weighted by atomic mass is 10.2. The average Bonchev–Trinajstić information content (AvgIpc) is 3.10. The van der Waals surface area contributed by atoms with Gasteiger partial charge < -0.3 is 14.2 Å². The third-order valence-electron chi connectivity index (χ3n) is 3.68. The van der Waals surface area contributed by atoms with Crippen LogP contribution >= 0.6 is 0 Å². The van der Waals surface area contributed by atoms with Crippen LogP contribution in [0.2, 0.25) is 0 Å². The smallest absolute Gasteiger partial charge is 0.262 e. The molecule has 0 aromatic carbocycles. The van der Waals surface area contributed by atoms with Gasteiger partial charge in [-0.3, -0.25) is 10.1 Å². The molecule has 0 bridgehead atoms. The quantitative estimate of drug-likeness (QED) is 0.810. The number of alkyl halides is 2. The molecule has 1 amide bonds. The molecule has 7 nitrogen and oxygen atoms in total. The van der Waals surface area contributed by atoms with Crippen LogP contribution in [0.5, 0.6) is 0 Å². The lowest BCUT2D eigenvalue weighted by Crippen LogP contribution is -2.41. The summed E-state index contributed by atoms with van der Waals surface area (Å²) in [5, 5.41) is 6.38. The standard InChI is InChI=1S/C15H24F2N4O3/c1-9(2)7-23-10(3)13-19-12(24-20-13)6-21(4)14(22)11-5-15(16,17)8-18-11/h9-11,18H,5-8H2,1-4H3. The summed E-state index contributed by atoms with van der Waals surface area (Å²) in [6.45, 7) is 6.05. The van der Waals surface area contributed by atoms with E-state index in [1.54, 1.807) is 0 Å². The van der Waals surface area contributed by atoms with Gasteiger partial charge in [-0.1, -0.05) is 19.0 Å². The number of rotatable bonds is 7. The van der Waals surface area contributed by atoms with Crippen LogP contribution in [0.25, 0.3) is 0 Å². The molecule has 2 rings (SSSR count). The van der Waals surface area contributed by atoms with Crippen molar-refractivity contribution in [2.75, 3.05) is 20.2 Å². The zero-order valence-electron chi connectivity index (χ0n) is 14.4. The molecule has 1 fully saturated rings. The Labute approximate surface area is 139 Å². The summed E-state index contributed by atoms with van der Waals surface area (Å²) in [5.41, 5.74) is 0. The van der Waals surface area contributed by atoms with Crippen molar-refractivity contribution in [3.8, 4) is 0 Å². The van der Waals surface area contributed by atoms with Gasteiger partial charge >= 0.3 is 0 Å². The predicted octanol–water partition coefficient (Wildman–Crippen LogP) is 1.76. The van der Waals surface area contributed by atoms with Gasteiger partial charge in [0.25, 0.3) is 5.92 Å². The monoisotopic (exact) mass is 346 g/mol. The van der Waals surface area contributed by atoms with Gasteiger partial charge in [0, 0.05) is 20.1 Å². The van der Waals surface area contributed by atoms with Gasteiger partial charge in [-0.25, -0.2) is 8.78 Å². The van der Waals surface area contributed by atoms with E-state index in [0.29, 0.717) is 18.3 Å². The van der Waals surface area contributed by atoms with Crippen molar-refractivity contribution in [3.05, 3.63) is 11.7 Å². The normalized spacial score (nSPS) is 21.2. The van der Waals surface area contributed by atoms with Crippen LogP contribution in [0.3, 0.4) is 0 Å². The van der Waals surface area contributed by atoms with E-state index in [0.717, 1.165) is 0 Å². The van der Waals surface area contributed by atoms with E-state index in [-0.39, 0.29) is 18.5 Å². The second-order valence-electron chi connectivity index (χ2n) is 6.60. The van der Waals surface area contributed by atoms with Crippen LogP contribution in [0, 0.1) is 5.92 Å². The zero-order valence-corrected chi connectivity index (χ0v) is 14.4. The highest BCUT2D eigenvalue weighted by Gasteiger charge is 2.43. The molecular weight excluding hydrogens is 322 g/mol. The maximum absolute atomic E-state index is 13.2. The van der Waals surface area contributed by atoms with E-state index in [4.69, 9.17) is 9.26 Å². The number of likely N-dealkylation sites (N-methyl/N-ethyl adjacent to an activating group) is 1. The van der Waals surface area contributed by atoms with E-state index < -0.39 is 30.8 Å². The van der Waals surface area contributed by atoms with Crippen molar-refractivity contribution in [2.24, 2.45) is 5.92 Å². The van der Waals surface area contributed by atoms with Crippen molar-refractivity contribution in [3.63, 3.8) is 0 Å². The molecule has 0 spiro atoms. The molecule has 0 radical (unpaired) electrons. The molecule has 2 atom stereocenters. The van der Waals surface area contributed by atoms with E-state index in [1.165, 1.54) is 11.9 Å². The van der Waals surface area contributed by atoms with Crippen molar-refractivity contribution in [1.82, 2.24) is 20.4 Å². The number of carbonyl (C=O) groups is 1. The number of nitrogens with one attached hydrogen (secondary N) is 1. The largest absolute Gasteiger partial charge is 0.370 e. The van der Waals surface area contributed by atoms with Gasteiger partial charge in [0.1, 0.15) is 6.10 Å². The Bertz CT molecular complexity index is 565.